The van der Waals surface area contributed by atoms with Crippen molar-refractivity contribution < 1.29 is 14.7 Å². The lowest BCUT2D eigenvalue weighted by molar-refractivity contribution is -0.142. The van der Waals surface area contributed by atoms with Crippen molar-refractivity contribution in [2.75, 3.05) is 0 Å². The van der Waals surface area contributed by atoms with Gasteiger partial charge in [-0.15, -0.1) is 0 Å². The van der Waals surface area contributed by atoms with Crippen molar-refractivity contribution in [1.82, 2.24) is 5.32 Å². The highest BCUT2D eigenvalue weighted by molar-refractivity contribution is 5.86. The summed E-state index contributed by atoms with van der Waals surface area (Å²) in [6.45, 7) is 1.90. The van der Waals surface area contributed by atoms with Crippen LogP contribution in [0, 0.1) is 5.92 Å². The molecule has 1 aliphatic carbocycles. The zero-order valence-corrected chi connectivity index (χ0v) is 7.75. The first-order valence-corrected chi connectivity index (χ1v) is 4.68. The molecule has 74 valence electrons. The molecule has 0 heterocycles. The quantitative estimate of drug-likeness (QED) is 0.664. The fraction of sp³-hybridized carbons (Fsp3) is 0.778. The number of carboxylic acids is 1. The van der Waals surface area contributed by atoms with E-state index in [-0.39, 0.29) is 11.8 Å². The summed E-state index contributed by atoms with van der Waals surface area (Å²) in [7, 11) is 0. The Morgan fingerprint density at radius 2 is 2.15 bits per heavy atom. The monoisotopic (exact) mass is 185 g/mol. The Labute approximate surface area is 77.3 Å². The van der Waals surface area contributed by atoms with E-state index in [1.165, 1.54) is 0 Å². The third-order valence-electron chi connectivity index (χ3n) is 2.14. The van der Waals surface area contributed by atoms with Gasteiger partial charge in [0.25, 0.3) is 0 Å². The van der Waals surface area contributed by atoms with Gasteiger partial charge in [0, 0.05) is 5.92 Å². The first-order valence-electron chi connectivity index (χ1n) is 4.68. The molecular formula is C9H15NO3. The number of carboxylic acid groups (broad SMARTS) is 1. The first kappa shape index (κ1) is 10.0. The maximum Gasteiger partial charge on any atom is 0.326 e. The number of nitrogens with one attached hydrogen (secondary N) is 1. The van der Waals surface area contributed by atoms with Crippen LogP contribution in [0.25, 0.3) is 0 Å². The standard InChI is InChI=1S/C9H15NO3/c1-2-3-7(9(12)13)10-8(11)6-4-5-6/h6-7H,2-5H2,1H3,(H,10,11)(H,12,13)/t7-/m0/s1. The smallest absolute Gasteiger partial charge is 0.326 e. The van der Waals surface area contributed by atoms with Gasteiger partial charge in [-0.3, -0.25) is 4.79 Å². The molecule has 0 spiro atoms. The molecule has 0 unspecified atom stereocenters. The van der Waals surface area contributed by atoms with Crippen molar-refractivity contribution in [3.05, 3.63) is 0 Å². The molecule has 0 aromatic rings. The highest BCUT2D eigenvalue weighted by Gasteiger charge is 2.32. The van der Waals surface area contributed by atoms with Gasteiger partial charge in [0.2, 0.25) is 5.91 Å². The van der Waals surface area contributed by atoms with E-state index in [1.54, 1.807) is 0 Å². The molecule has 0 bridgehead atoms. The van der Waals surface area contributed by atoms with E-state index in [0.29, 0.717) is 6.42 Å². The second-order valence-corrected chi connectivity index (χ2v) is 3.46. The summed E-state index contributed by atoms with van der Waals surface area (Å²) < 4.78 is 0. The minimum atomic E-state index is -0.934. The molecule has 1 atom stereocenters. The van der Waals surface area contributed by atoms with Crippen LogP contribution in [-0.4, -0.2) is 23.0 Å². The SMILES string of the molecule is CCC[C@H](NC(=O)C1CC1)C(=O)O. The van der Waals surface area contributed by atoms with E-state index in [9.17, 15) is 9.59 Å². The summed E-state index contributed by atoms with van der Waals surface area (Å²) in [5, 5.41) is 11.3. The molecule has 1 amide bonds. The topological polar surface area (TPSA) is 66.4 Å². The third-order valence-corrected chi connectivity index (χ3v) is 2.14. The average molecular weight is 185 g/mol. The molecule has 13 heavy (non-hydrogen) atoms. The summed E-state index contributed by atoms with van der Waals surface area (Å²) in [6.07, 6.45) is 3.09. The Bertz CT molecular complexity index is 211. The van der Waals surface area contributed by atoms with Crippen LogP contribution in [0.3, 0.4) is 0 Å². The Hall–Kier alpha value is -1.06. The van der Waals surface area contributed by atoms with E-state index in [0.717, 1.165) is 19.3 Å². The molecule has 1 saturated carbocycles. The molecule has 0 aromatic heterocycles. The molecule has 0 aromatic carbocycles. The fourth-order valence-corrected chi connectivity index (χ4v) is 1.18. The fourth-order valence-electron chi connectivity index (χ4n) is 1.18. The van der Waals surface area contributed by atoms with Gasteiger partial charge in [0.1, 0.15) is 6.04 Å². The van der Waals surface area contributed by atoms with Crippen LogP contribution in [0.4, 0.5) is 0 Å². The van der Waals surface area contributed by atoms with Gasteiger partial charge in [-0.25, -0.2) is 4.79 Å². The lowest BCUT2D eigenvalue weighted by atomic mass is 10.1. The predicted molar refractivity (Wildman–Crippen MR) is 47.2 cm³/mol. The molecule has 0 aliphatic heterocycles. The number of carbonyl (C=O) groups is 2. The lowest BCUT2D eigenvalue weighted by Gasteiger charge is -2.12. The van der Waals surface area contributed by atoms with Gasteiger partial charge >= 0.3 is 5.97 Å². The van der Waals surface area contributed by atoms with Gasteiger partial charge in [0.05, 0.1) is 0 Å². The van der Waals surface area contributed by atoms with Crippen LogP contribution >= 0.6 is 0 Å². The van der Waals surface area contributed by atoms with Crippen molar-refractivity contribution in [3.63, 3.8) is 0 Å². The highest BCUT2D eigenvalue weighted by atomic mass is 16.4. The minimum absolute atomic E-state index is 0.0821. The maximum absolute atomic E-state index is 11.2. The summed E-state index contributed by atoms with van der Waals surface area (Å²) in [5.74, 6) is -0.949. The van der Waals surface area contributed by atoms with E-state index >= 15 is 0 Å². The second-order valence-electron chi connectivity index (χ2n) is 3.46. The van der Waals surface area contributed by atoms with E-state index < -0.39 is 12.0 Å². The van der Waals surface area contributed by atoms with Gasteiger partial charge < -0.3 is 10.4 Å². The minimum Gasteiger partial charge on any atom is -0.480 e. The Balaban J connectivity index is 2.36. The Morgan fingerprint density at radius 3 is 2.54 bits per heavy atom. The number of amides is 1. The van der Waals surface area contributed by atoms with Crippen LogP contribution < -0.4 is 5.32 Å². The third kappa shape index (κ3) is 3.05. The number of hydrogen-bond donors (Lipinski definition) is 2. The van der Waals surface area contributed by atoms with Crippen molar-refractivity contribution in [1.29, 1.82) is 0 Å². The van der Waals surface area contributed by atoms with Gasteiger partial charge in [-0.05, 0) is 19.3 Å². The van der Waals surface area contributed by atoms with Crippen LogP contribution in [0.1, 0.15) is 32.6 Å². The molecule has 4 nitrogen and oxygen atoms in total. The molecular weight excluding hydrogens is 170 g/mol. The van der Waals surface area contributed by atoms with Gasteiger partial charge in [-0.1, -0.05) is 13.3 Å². The van der Waals surface area contributed by atoms with Crippen LogP contribution in [-0.2, 0) is 9.59 Å². The molecule has 0 radical (unpaired) electrons. The molecule has 1 aliphatic rings. The highest BCUT2D eigenvalue weighted by Crippen LogP contribution is 2.28. The van der Waals surface area contributed by atoms with Crippen molar-refractivity contribution in [2.24, 2.45) is 5.92 Å². The zero-order chi connectivity index (χ0) is 9.84. The van der Waals surface area contributed by atoms with Gasteiger partial charge in [0.15, 0.2) is 0 Å². The van der Waals surface area contributed by atoms with Crippen LogP contribution in [0.15, 0.2) is 0 Å². The van der Waals surface area contributed by atoms with Gasteiger partial charge in [-0.2, -0.15) is 0 Å². The average Bonchev–Trinajstić information content (AvgIpc) is 2.85. The first-order chi connectivity index (χ1) is 6.15. The molecule has 0 saturated heterocycles. The summed E-state index contributed by atoms with van der Waals surface area (Å²) in [4.78, 5) is 21.9. The molecule has 4 heteroatoms. The van der Waals surface area contributed by atoms with Crippen molar-refractivity contribution in [3.8, 4) is 0 Å². The molecule has 1 rings (SSSR count). The molecule has 2 N–H and O–H groups in total. The van der Waals surface area contributed by atoms with Crippen molar-refractivity contribution in [2.45, 2.75) is 38.6 Å². The van der Waals surface area contributed by atoms with E-state index in [2.05, 4.69) is 5.32 Å². The Morgan fingerprint density at radius 1 is 1.54 bits per heavy atom. The zero-order valence-electron chi connectivity index (χ0n) is 7.75. The second kappa shape index (κ2) is 4.25. The molecule has 1 fully saturated rings. The number of hydrogen-bond acceptors (Lipinski definition) is 2. The summed E-state index contributed by atoms with van der Waals surface area (Å²) in [5.41, 5.74) is 0. The largest absolute Gasteiger partial charge is 0.480 e. The number of aliphatic carboxylic acids is 1. The summed E-state index contributed by atoms with van der Waals surface area (Å²) >= 11 is 0. The lowest BCUT2D eigenvalue weighted by Crippen LogP contribution is -2.41. The predicted octanol–water partition coefficient (Wildman–Crippen LogP) is 0.766. The van der Waals surface area contributed by atoms with E-state index in [1.807, 2.05) is 6.92 Å². The Kier molecular flexibility index (Phi) is 3.28. The van der Waals surface area contributed by atoms with E-state index in [4.69, 9.17) is 5.11 Å². The maximum atomic E-state index is 11.2. The van der Waals surface area contributed by atoms with Crippen LogP contribution in [0.2, 0.25) is 0 Å². The van der Waals surface area contributed by atoms with Crippen molar-refractivity contribution >= 4 is 11.9 Å². The number of rotatable bonds is 5. The normalized spacial score (nSPS) is 17.9. The van der Waals surface area contributed by atoms with Crippen LogP contribution in [0.5, 0.6) is 0 Å². The summed E-state index contributed by atoms with van der Waals surface area (Å²) in [6, 6.07) is -0.696. The number of carbonyl (C=O) groups excluding carboxylic acids is 1.